The normalized spacial score (nSPS) is 14.2. The Morgan fingerprint density at radius 1 is 0.923 bits per heavy atom. The van der Waals surface area contributed by atoms with Gasteiger partial charge in [-0.2, -0.15) is 4.98 Å². The Balaban J connectivity index is 1.21. The fourth-order valence-electron chi connectivity index (χ4n) is 5.00. The molecule has 0 spiro atoms. The van der Waals surface area contributed by atoms with E-state index >= 15 is 0 Å². The summed E-state index contributed by atoms with van der Waals surface area (Å²) in [4.78, 5) is 22.4. The van der Waals surface area contributed by atoms with E-state index < -0.39 is 0 Å². The molecule has 6 rings (SSSR count). The van der Waals surface area contributed by atoms with Crippen LogP contribution >= 0.6 is 15.9 Å². The van der Waals surface area contributed by atoms with Crippen LogP contribution in [0.4, 0.5) is 23.1 Å². The predicted octanol–water partition coefficient (Wildman–Crippen LogP) is 5.84. The van der Waals surface area contributed by atoms with Crippen molar-refractivity contribution in [3.63, 3.8) is 0 Å². The first-order valence-electron chi connectivity index (χ1n) is 13.3. The second-order valence-corrected chi connectivity index (χ2v) is 10.6. The molecule has 1 aliphatic rings. The second kappa shape index (κ2) is 11.0. The molecule has 3 heterocycles. The van der Waals surface area contributed by atoms with Crippen molar-refractivity contribution >= 4 is 50.1 Å². The van der Waals surface area contributed by atoms with E-state index in [1.165, 1.54) is 11.3 Å². The summed E-state index contributed by atoms with van der Waals surface area (Å²) in [5, 5.41) is 3.33. The summed E-state index contributed by atoms with van der Waals surface area (Å²) in [7, 11) is 0. The van der Waals surface area contributed by atoms with Crippen molar-refractivity contribution < 1.29 is 0 Å². The molecule has 3 aromatic carbocycles. The van der Waals surface area contributed by atoms with Crippen LogP contribution in [0.25, 0.3) is 22.3 Å². The molecule has 5 aromatic rings. The van der Waals surface area contributed by atoms with E-state index in [-0.39, 0.29) is 0 Å². The lowest BCUT2D eigenvalue weighted by molar-refractivity contribution is 0.271. The number of hydrogen-bond acceptors (Lipinski definition) is 7. The number of nitrogens with two attached hydrogens (primary N) is 1. The number of rotatable bonds is 7. The maximum atomic E-state index is 6.29. The number of imidazole rings is 1. The Bertz CT molecular complexity index is 1570. The zero-order valence-electron chi connectivity index (χ0n) is 21.9. The van der Waals surface area contributed by atoms with Crippen LogP contribution < -0.4 is 16.0 Å². The summed E-state index contributed by atoms with van der Waals surface area (Å²) in [6.45, 7) is 7.63. The van der Waals surface area contributed by atoms with Crippen LogP contribution in [0.5, 0.6) is 0 Å². The molecule has 8 nitrogen and oxygen atoms in total. The second-order valence-electron chi connectivity index (χ2n) is 9.77. The van der Waals surface area contributed by atoms with Crippen molar-refractivity contribution in [2.24, 2.45) is 0 Å². The van der Waals surface area contributed by atoms with Crippen molar-refractivity contribution in [2.45, 2.75) is 13.3 Å². The maximum absolute atomic E-state index is 6.29. The summed E-state index contributed by atoms with van der Waals surface area (Å²) in [5.41, 5.74) is 13.1. The fraction of sp³-hybridized carbons (Fsp3) is 0.233. The molecule has 0 radical (unpaired) electrons. The standard InChI is InChI=1S/C30H31BrN8/c1-2-38-14-16-39(17-15-38)23-11-9-22(10-12-23)33-30-36-28(27(31)29(32)37-30)21-8-13-24-25(19-21)35-26(34-24)18-20-6-4-3-5-7-20/h3-13,19H,2,14-18H2,1H3,(H,34,35)(H3,32,33,36,37). The van der Waals surface area contributed by atoms with Gasteiger partial charge in [0.15, 0.2) is 0 Å². The molecule has 0 amide bonds. The highest BCUT2D eigenvalue weighted by Crippen LogP contribution is 2.33. The Hall–Kier alpha value is -3.95. The molecule has 0 atom stereocenters. The molecule has 1 saturated heterocycles. The molecular formula is C30H31BrN8. The number of aromatic amines is 1. The number of nitrogens with one attached hydrogen (secondary N) is 2. The molecular weight excluding hydrogens is 552 g/mol. The van der Waals surface area contributed by atoms with Gasteiger partial charge in [0.25, 0.3) is 0 Å². The van der Waals surface area contributed by atoms with Gasteiger partial charge in [0.05, 0.1) is 21.2 Å². The Kier molecular flexibility index (Phi) is 7.17. The number of nitrogen functional groups attached to an aromatic ring is 1. The number of piperazine rings is 1. The number of H-pyrrole nitrogens is 1. The van der Waals surface area contributed by atoms with Crippen molar-refractivity contribution in [3.05, 3.63) is 88.7 Å². The third kappa shape index (κ3) is 5.60. The van der Waals surface area contributed by atoms with Gasteiger partial charge in [0.1, 0.15) is 11.6 Å². The Morgan fingerprint density at radius 3 is 2.44 bits per heavy atom. The quantitative estimate of drug-likeness (QED) is 0.221. The monoisotopic (exact) mass is 582 g/mol. The molecule has 9 heteroatoms. The third-order valence-electron chi connectivity index (χ3n) is 7.20. The van der Waals surface area contributed by atoms with Crippen LogP contribution in [0.15, 0.2) is 77.3 Å². The van der Waals surface area contributed by atoms with E-state index in [4.69, 9.17) is 15.7 Å². The van der Waals surface area contributed by atoms with Gasteiger partial charge in [0.2, 0.25) is 5.95 Å². The van der Waals surface area contributed by atoms with Gasteiger partial charge in [-0.25, -0.2) is 9.97 Å². The molecule has 39 heavy (non-hydrogen) atoms. The average molecular weight is 584 g/mol. The van der Waals surface area contributed by atoms with Gasteiger partial charge < -0.3 is 25.8 Å². The number of nitrogens with zero attached hydrogens (tertiary/aromatic N) is 5. The molecule has 2 aromatic heterocycles. The van der Waals surface area contributed by atoms with E-state index in [2.05, 4.69) is 90.4 Å². The third-order valence-corrected chi connectivity index (χ3v) is 7.99. The lowest BCUT2D eigenvalue weighted by atomic mass is 10.1. The first-order chi connectivity index (χ1) is 19.1. The highest BCUT2D eigenvalue weighted by molar-refractivity contribution is 9.10. The maximum Gasteiger partial charge on any atom is 0.229 e. The topological polar surface area (TPSA) is 99.0 Å². The molecule has 0 bridgehead atoms. The highest BCUT2D eigenvalue weighted by atomic mass is 79.9. The van der Waals surface area contributed by atoms with Crippen molar-refractivity contribution in [3.8, 4) is 11.3 Å². The van der Waals surface area contributed by atoms with E-state index in [9.17, 15) is 0 Å². The zero-order chi connectivity index (χ0) is 26.8. The van der Waals surface area contributed by atoms with Gasteiger partial charge in [0, 0.05) is 49.5 Å². The number of likely N-dealkylation sites (N-methyl/N-ethyl adjacent to an activating group) is 1. The fourth-order valence-corrected chi connectivity index (χ4v) is 5.41. The summed E-state index contributed by atoms with van der Waals surface area (Å²) in [5.74, 6) is 1.75. The molecule has 198 valence electrons. The van der Waals surface area contributed by atoms with E-state index in [0.29, 0.717) is 16.2 Å². The lowest BCUT2D eigenvalue weighted by Gasteiger charge is -2.35. The average Bonchev–Trinajstić information content (AvgIpc) is 3.37. The zero-order valence-corrected chi connectivity index (χ0v) is 23.4. The van der Waals surface area contributed by atoms with Crippen LogP contribution in [0.1, 0.15) is 18.3 Å². The minimum absolute atomic E-state index is 0.377. The predicted molar refractivity (Wildman–Crippen MR) is 163 cm³/mol. The first kappa shape index (κ1) is 25.3. The number of anilines is 4. The van der Waals surface area contributed by atoms with Crippen LogP contribution in [-0.2, 0) is 6.42 Å². The molecule has 4 N–H and O–H groups in total. The number of hydrogen-bond donors (Lipinski definition) is 3. The van der Waals surface area contributed by atoms with Gasteiger partial charge in [-0.05, 0) is 64.4 Å². The highest BCUT2D eigenvalue weighted by Gasteiger charge is 2.17. The number of halogens is 1. The van der Waals surface area contributed by atoms with Crippen molar-refractivity contribution in [1.29, 1.82) is 0 Å². The molecule has 0 unspecified atom stereocenters. The summed E-state index contributed by atoms with van der Waals surface area (Å²) in [6.07, 6.45) is 0.747. The first-order valence-corrected chi connectivity index (χ1v) is 14.1. The summed E-state index contributed by atoms with van der Waals surface area (Å²) in [6, 6.07) is 24.8. The minimum atomic E-state index is 0.377. The van der Waals surface area contributed by atoms with E-state index in [1.54, 1.807) is 0 Å². The van der Waals surface area contributed by atoms with E-state index in [1.807, 2.05) is 30.3 Å². The van der Waals surface area contributed by atoms with Crippen LogP contribution in [0, 0.1) is 0 Å². The van der Waals surface area contributed by atoms with Crippen molar-refractivity contribution in [1.82, 2.24) is 24.8 Å². The van der Waals surface area contributed by atoms with Gasteiger partial charge in [-0.1, -0.05) is 43.3 Å². The van der Waals surface area contributed by atoms with Gasteiger partial charge >= 0.3 is 0 Å². The minimum Gasteiger partial charge on any atom is -0.383 e. The SMILES string of the molecule is CCN1CCN(c2ccc(Nc3nc(N)c(Br)c(-c4ccc5nc(Cc6ccccc6)[nH]c5c4)n3)cc2)CC1. The van der Waals surface area contributed by atoms with Crippen molar-refractivity contribution in [2.75, 3.05) is 48.7 Å². The van der Waals surface area contributed by atoms with Gasteiger partial charge in [-0.3, -0.25) is 0 Å². The summed E-state index contributed by atoms with van der Waals surface area (Å²) < 4.78 is 0.665. The largest absolute Gasteiger partial charge is 0.383 e. The molecule has 1 fully saturated rings. The van der Waals surface area contributed by atoms with Crippen LogP contribution in [0.2, 0.25) is 0 Å². The number of benzene rings is 3. The van der Waals surface area contributed by atoms with Crippen LogP contribution in [0.3, 0.4) is 0 Å². The number of aromatic nitrogens is 4. The Morgan fingerprint density at radius 2 is 1.69 bits per heavy atom. The molecule has 0 aliphatic carbocycles. The van der Waals surface area contributed by atoms with Crippen LogP contribution in [-0.4, -0.2) is 57.6 Å². The smallest absolute Gasteiger partial charge is 0.229 e. The molecule has 0 saturated carbocycles. The molecule has 1 aliphatic heterocycles. The van der Waals surface area contributed by atoms with Gasteiger partial charge in [-0.15, -0.1) is 0 Å². The van der Waals surface area contributed by atoms with E-state index in [0.717, 1.165) is 72.9 Å². The number of fused-ring (bicyclic) bond motifs is 1. The summed E-state index contributed by atoms with van der Waals surface area (Å²) >= 11 is 3.60. The Labute approximate surface area is 236 Å². The lowest BCUT2D eigenvalue weighted by Crippen LogP contribution is -2.46.